The molecule has 0 bridgehead atoms. The van der Waals surface area contributed by atoms with Crippen LogP contribution in [-0.4, -0.2) is 62.2 Å². The number of nitrogens with zero attached hydrogens (tertiary/aromatic N) is 6. The minimum Gasteiger partial charge on any atom is -0.338 e. The van der Waals surface area contributed by atoms with Crippen molar-refractivity contribution in [1.29, 1.82) is 0 Å². The van der Waals surface area contributed by atoms with Crippen molar-refractivity contribution in [3.8, 4) is 22.8 Å². The van der Waals surface area contributed by atoms with E-state index in [-0.39, 0.29) is 5.91 Å². The summed E-state index contributed by atoms with van der Waals surface area (Å²) in [5, 5.41) is 8.51. The Morgan fingerprint density at radius 3 is 2.27 bits per heavy atom. The third-order valence-electron chi connectivity index (χ3n) is 5.50. The first-order valence-electron chi connectivity index (χ1n) is 10.6. The molecule has 33 heavy (non-hydrogen) atoms. The van der Waals surface area contributed by atoms with E-state index in [0.29, 0.717) is 53.7 Å². The number of hydrogen-bond donors (Lipinski definition) is 0. The number of carbonyl (C=O) groups is 1. The van der Waals surface area contributed by atoms with Gasteiger partial charge in [-0.05, 0) is 55.5 Å². The van der Waals surface area contributed by atoms with Crippen molar-refractivity contribution in [3.63, 3.8) is 0 Å². The third-order valence-corrected chi connectivity index (χ3v) is 5.75. The number of hydrogen-bond acceptors (Lipinski definition) is 8. The van der Waals surface area contributed by atoms with E-state index in [4.69, 9.17) is 20.6 Å². The van der Waals surface area contributed by atoms with Crippen LogP contribution in [0.2, 0.25) is 5.02 Å². The lowest BCUT2D eigenvalue weighted by Crippen LogP contribution is -2.48. The minimum atomic E-state index is 0.00530. The molecule has 9 nitrogen and oxygen atoms in total. The smallest absolute Gasteiger partial charge is 0.257 e. The van der Waals surface area contributed by atoms with Crippen LogP contribution in [0.25, 0.3) is 22.8 Å². The molecule has 0 spiro atoms. The van der Waals surface area contributed by atoms with Crippen LogP contribution in [0, 0.1) is 6.92 Å². The van der Waals surface area contributed by atoms with Crippen molar-refractivity contribution in [1.82, 2.24) is 30.1 Å². The second kappa shape index (κ2) is 9.13. The normalized spacial score (nSPS) is 14.5. The highest BCUT2D eigenvalue weighted by molar-refractivity contribution is 6.30. The van der Waals surface area contributed by atoms with E-state index in [1.807, 2.05) is 29.2 Å². The van der Waals surface area contributed by atoms with E-state index >= 15 is 0 Å². The summed E-state index contributed by atoms with van der Waals surface area (Å²) >= 11 is 5.93. The predicted octanol–water partition coefficient (Wildman–Crippen LogP) is 3.71. The molecule has 2 aromatic carbocycles. The van der Waals surface area contributed by atoms with Gasteiger partial charge in [-0.3, -0.25) is 9.69 Å². The number of carbonyl (C=O) groups excluding carboxylic acids is 1. The molecule has 1 aliphatic rings. The molecule has 1 saturated heterocycles. The summed E-state index contributed by atoms with van der Waals surface area (Å²) in [6, 6.07) is 14.5. The SMILES string of the molecule is Cc1noc(-c2ccc(C(=O)N3CCN(Cc4nc(-c5ccc(Cl)cc5)no4)CC3)cc2)n1. The van der Waals surface area contributed by atoms with Gasteiger partial charge in [0.25, 0.3) is 11.8 Å². The fourth-order valence-corrected chi connectivity index (χ4v) is 3.81. The number of halogens is 1. The highest BCUT2D eigenvalue weighted by Gasteiger charge is 2.24. The summed E-state index contributed by atoms with van der Waals surface area (Å²) in [4.78, 5) is 25.7. The maximum absolute atomic E-state index is 12.9. The van der Waals surface area contributed by atoms with Crippen LogP contribution in [0.4, 0.5) is 0 Å². The van der Waals surface area contributed by atoms with Crippen LogP contribution in [-0.2, 0) is 6.54 Å². The fourth-order valence-electron chi connectivity index (χ4n) is 3.69. The van der Waals surface area contributed by atoms with Gasteiger partial charge in [-0.1, -0.05) is 21.9 Å². The lowest BCUT2D eigenvalue weighted by atomic mass is 10.1. The highest BCUT2D eigenvalue weighted by Crippen LogP contribution is 2.21. The van der Waals surface area contributed by atoms with Gasteiger partial charge in [0.2, 0.25) is 11.7 Å². The number of aryl methyl sites for hydroxylation is 1. The van der Waals surface area contributed by atoms with Crippen LogP contribution in [0.1, 0.15) is 22.1 Å². The number of piperazine rings is 1. The van der Waals surface area contributed by atoms with E-state index in [0.717, 1.165) is 24.2 Å². The van der Waals surface area contributed by atoms with Crippen LogP contribution < -0.4 is 0 Å². The average Bonchev–Trinajstić information content (AvgIpc) is 3.49. The predicted molar refractivity (Wildman–Crippen MR) is 120 cm³/mol. The van der Waals surface area contributed by atoms with Crippen molar-refractivity contribution in [2.24, 2.45) is 0 Å². The first kappa shape index (κ1) is 21.3. The zero-order valence-electron chi connectivity index (χ0n) is 17.9. The lowest BCUT2D eigenvalue weighted by Gasteiger charge is -2.34. The van der Waals surface area contributed by atoms with Gasteiger partial charge in [0.15, 0.2) is 5.82 Å². The molecule has 1 aliphatic heterocycles. The van der Waals surface area contributed by atoms with E-state index < -0.39 is 0 Å². The van der Waals surface area contributed by atoms with Gasteiger partial charge in [-0.15, -0.1) is 0 Å². The summed E-state index contributed by atoms with van der Waals surface area (Å²) < 4.78 is 10.6. The number of benzene rings is 2. The third kappa shape index (κ3) is 4.79. The second-order valence-electron chi connectivity index (χ2n) is 7.81. The van der Waals surface area contributed by atoms with Crippen molar-refractivity contribution in [2.45, 2.75) is 13.5 Å². The van der Waals surface area contributed by atoms with Gasteiger partial charge in [-0.2, -0.15) is 9.97 Å². The van der Waals surface area contributed by atoms with Crippen LogP contribution in [0.15, 0.2) is 57.6 Å². The summed E-state index contributed by atoms with van der Waals surface area (Å²) in [6.07, 6.45) is 0. The summed E-state index contributed by atoms with van der Waals surface area (Å²) in [6.45, 7) is 5.01. The maximum atomic E-state index is 12.9. The molecule has 0 saturated carbocycles. The molecule has 3 heterocycles. The quantitative estimate of drug-likeness (QED) is 0.440. The van der Waals surface area contributed by atoms with Crippen molar-refractivity contribution >= 4 is 17.5 Å². The number of aromatic nitrogens is 4. The Morgan fingerprint density at radius 2 is 1.61 bits per heavy atom. The van der Waals surface area contributed by atoms with Crippen molar-refractivity contribution in [3.05, 3.63) is 70.8 Å². The van der Waals surface area contributed by atoms with Gasteiger partial charge in [0.05, 0.1) is 6.54 Å². The minimum absolute atomic E-state index is 0.00530. The molecule has 0 radical (unpaired) electrons. The van der Waals surface area contributed by atoms with Crippen molar-refractivity contribution < 1.29 is 13.8 Å². The maximum Gasteiger partial charge on any atom is 0.257 e. The summed E-state index contributed by atoms with van der Waals surface area (Å²) in [5.74, 6) is 2.11. The molecule has 1 fully saturated rings. The molecule has 0 aliphatic carbocycles. The summed E-state index contributed by atoms with van der Waals surface area (Å²) in [5.41, 5.74) is 2.27. The molecule has 1 amide bonds. The Morgan fingerprint density at radius 1 is 0.909 bits per heavy atom. The second-order valence-corrected chi connectivity index (χ2v) is 8.25. The average molecular weight is 465 g/mol. The van der Waals surface area contributed by atoms with E-state index in [2.05, 4.69) is 25.2 Å². The van der Waals surface area contributed by atoms with Crippen LogP contribution in [0.3, 0.4) is 0 Å². The molecular formula is C23H21ClN6O3. The van der Waals surface area contributed by atoms with E-state index in [1.165, 1.54) is 0 Å². The monoisotopic (exact) mass is 464 g/mol. The van der Waals surface area contributed by atoms with E-state index in [1.54, 1.807) is 31.2 Å². The van der Waals surface area contributed by atoms with Gasteiger partial charge in [-0.25, -0.2) is 0 Å². The first-order valence-corrected chi connectivity index (χ1v) is 10.9. The zero-order chi connectivity index (χ0) is 22.8. The molecule has 10 heteroatoms. The van der Waals surface area contributed by atoms with Gasteiger partial charge in [0, 0.05) is 47.9 Å². The number of amides is 1. The van der Waals surface area contributed by atoms with Crippen LogP contribution >= 0.6 is 11.6 Å². The fraction of sp³-hybridized carbons (Fsp3) is 0.261. The highest BCUT2D eigenvalue weighted by atomic mass is 35.5. The Labute approximate surface area is 195 Å². The largest absolute Gasteiger partial charge is 0.338 e. The molecule has 0 unspecified atom stereocenters. The molecule has 0 N–H and O–H groups in total. The first-order chi connectivity index (χ1) is 16.0. The molecule has 4 aromatic rings. The summed E-state index contributed by atoms with van der Waals surface area (Å²) in [7, 11) is 0. The van der Waals surface area contributed by atoms with E-state index in [9.17, 15) is 4.79 Å². The van der Waals surface area contributed by atoms with Crippen molar-refractivity contribution in [2.75, 3.05) is 26.2 Å². The van der Waals surface area contributed by atoms with Gasteiger partial charge < -0.3 is 13.9 Å². The molecule has 0 atom stereocenters. The lowest BCUT2D eigenvalue weighted by molar-refractivity contribution is 0.0615. The Bertz CT molecular complexity index is 1240. The molecule has 168 valence electrons. The topological polar surface area (TPSA) is 101 Å². The van der Waals surface area contributed by atoms with Crippen LogP contribution in [0.5, 0.6) is 0 Å². The van der Waals surface area contributed by atoms with Gasteiger partial charge in [0.1, 0.15) is 0 Å². The van der Waals surface area contributed by atoms with Gasteiger partial charge >= 0.3 is 0 Å². The molecule has 5 rings (SSSR count). The number of rotatable bonds is 5. The standard InChI is InChI=1S/C23H21ClN6O3/c1-15-25-22(33-27-15)17-2-4-18(5-3-17)23(31)30-12-10-29(11-13-30)14-20-26-21(28-32-20)16-6-8-19(24)9-7-16/h2-9H,10-14H2,1H3. The zero-order valence-corrected chi connectivity index (χ0v) is 18.7. The molecule has 2 aromatic heterocycles. The molecular weight excluding hydrogens is 444 g/mol. The Hall–Kier alpha value is -3.56. The Balaban J connectivity index is 1.16. The Kier molecular flexibility index (Phi) is 5.89.